The predicted molar refractivity (Wildman–Crippen MR) is 71.6 cm³/mol. The molecule has 5 nitrogen and oxygen atoms in total. The lowest BCUT2D eigenvalue weighted by molar-refractivity contribution is -0.159. The highest BCUT2D eigenvalue weighted by Gasteiger charge is 2.49. The molecule has 108 valence electrons. The predicted octanol–water partition coefficient (Wildman–Crippen LogP) is 1.07. The van der Waals surface area contributed by atoms with Crippen molar-refractivity contribution in [1.29, 1.82) is 0 Å². The molecule has 0 aromatic heterocycles. The van der Waals surface area contributed by atoms with Crippen molar-refractivity contribution in [3.63, 3.8) is 0 Å². The van der Waals surface area contributed by atoms with Gasteiger partial charge >= 0.3 is 0 Å². The largest absolute Gasteiger partial charge is 0.381 e. The molecule has 19 heavy (non-hydrogen) atoms. The maximum atomic E-state index is 12.8. The number of piperazine rings is 1. The molecule has 2 rings (SSSR count). The van der Waals surface area contributed by atoms with Gasteiger partial charge in [0.25, 0.3) is 0 Å². The van der Waals surface area contributed by atoms with Crippen molar-refractivity contribution >= 4 is 11.8 Å². The second kappa shape index (κ2) is 5.49. The standard InChI is InChI=1S/C14H24N2O3/c1-4-14(5-2)13(18)16(10(3)12(17)15-14)11-6-8-19-9-7-11/h10-11H,4-9H2,1-3H3,(H,15,17). The van der Waals surface area contributed by atoms with Crippen molar-refractivity contribution in [2.75, 3.05) is 13.2 Å². The number of rotatable bonds is 3. The minimum absolute atomic E-state index is 0.0326. The van der Waals surface area contributed by atoms with Gasteiger partial charge < -0.3 is 15.0 Å². The first kappa shape index (κ1) is 14.3. The Morgan fingerprint density at radius 2 is 1.84 bits per heavy atom. The van der Waals surface area contributed by atoms with Crippen LogP contribution in [0.4, 0.5) is 0 Å². The number of nitrogens with one attached hydrogen (secondary N) is 1. The summed E-state index contributed by atoms with van der Waals surface area (Å²) in [6.45, 7) is 7.08. The average molecular weight is 268 g/mol. The fourth-order valence-corrected chi connectivity index (χ4v) is 3.12. The van der Waals surface area contributed by atoms with E-state index in [0.29, 0.717) is 26.1 Å². The van der Waals surface area contributed by atoms with Crippen molar-refractivity contribution in [2.45, 2.75) is 64.1 Å². The van der Waals surface area contributed by atoms with E-state index in [4.69, 9.17) is 4.74 Å². The van der Waals surface area contributed by atoms with Gasteiger partial charge in [-0.2, -0.15) is 0 Å². The van der Waals surface area contributed by atoms with Crippen LogP contribution >= 0.6 is 0 Å². The van der Waals surface area contributed by atoms with Crippen molar-refractivity contribution in [3.05, 3.63) is 0 Å². The highest BCUT2D eigenvalue weighted by Crippen LogP contribution is 2.29. The van der Waals surface area contributed by atoms with Gasteiger partial charge in [-0.3, -0.25) is 9.59 Å². The molecule has 0 aliphatic carbocycles. The fraction of sp³-hybridized carbons (Fsp3) is 0.857. The van der Waals surface area contributed by atoms with Gasteiger partial charge in [0.2, 0.25) is 11.8 Å². The molecule has 0 radical (unpaired) electrons. The normalized spacial score (nSPS) is 28.4. The molecule has 2 aliphatic heterocycles. The number of hydrogen-bond acceptors (Lipinski definition) is 3. The van der Waals surface area contributed by atoms with Gasteiger partial charge in [0.15, 0.2) is 0 Å². The van der Waals surface area contributed by atoms with E-state index in [1.807, 2.05) is 25.7 Å². The van der Waals surface area contributed by atoms with Crippen LogP contribution in [-0.4, -0.2) is 47.6 Å². The average Bonchev–Trinajstić information content (AvgIpc) is 2.44. The molecule has 0 spiro atoms. The molecule has 0 bridgehead atoms. The van der Waals surface area contributed by atoms with Crippen LogP contribution in [-0.2, 0) is 14.3 Å². The molecule has 2 fully saturated rings. The molecule has 5 heteroatoms. The summed E-state index contributed by atoms with van der Waals surface area (Å²) in [6, 6.07) is -0.235. The third kappa shape index (κ3) is 2.36. The first-order valence-electron chi connectivity index (χ1n) is 7.28. The molecular formula is C14H24N2O3. The van der Waals surface area contributed by atoms with Crippen molar-refractivity contribution in [3.8, 4) is 0 Å². The Kier molecular flexibility index (Phi) is 4.13. The maximum Gasteiger partial charge on any atom is 0.249 e. The smallest absolute Gasteiger partial charge is 0.249 e. The monoisotopic (exact) mass is 268 g/mol. The van der Waals surface area contributed by atoms with E-state index in [9.17, 15) is 9.59 Å². The third-order valence-corrected chi connectivity index (χ3v) is 4.59. The van der Waals surface area contributed by atoms with E-state index >= 15 is 0 Å². The molecule has 1 N–H and O–H groups in total. The van der Waals surface area contributed by atoms with Crippen LogP contribution in [0.15, 0.2) is 0 Å². The van der Waals surface area contributed by atoms with Crippen molar-refractivity contribution in [2.24, 2.45) is 0 Å². The Labute approximate surface area is 114 Å². The van der Waals surface area contributed by atoms with E-state index in [1.54, 1.807) is 0 Å². The molecule has 1 unspecified atom stereocenters. The topological polar surface area (TPSA) is 58.6 Å². The van der Waals surface area contributed by atoms with Crippen molar-refractivity contribution in [1.82, 2.24) is 10.2 Å². The second-order valence-electron chi connectivity index (χ2n) is 5.51. The van der Waals surface area contributed by atoms with Gasteiger partial charge in [-0.15, -0.1) is 0 Å². The van der Waals surface area contributed by atoms with Crippen LogP contribution in [0.1, 0.15) is 46.5 Å². The van der Waals surface area contributed by atoms with Crippen LogP contribution in [0, 0.1) is 0 Å². The zero-order chi connectivity index (χ0) is 14.0. The molecule has 2 aliphatic rings. The first-order chi connectivity index (χ1) is 9.05. The SMILES string of the molecule is CCC1(CC)NC(=O)C(C)N(C2CCOCC2)C1=O. The number of nitrogens with zero attached hydrogens (tertiary/aromatic N) is 1. The molecule has 2 saturated heterocycles. The molecule has 1 atom stereocenters. The number of carbonyl (C=O) groups excluding carboxylic acids is 2. The summed E-state index contributed by atoms with van der Waals surface area (Å²) in [5.74, 6) is 0.0475. The fourth-order valence-electron chi connectivity index (χ4n) is 3.12. The van der Waals surface area contributed by atoms with Crippen LogP contribution in [0.25, 0.3) is 0 Å². The lowest BCUT2D eigenvalue weighted by Crippen LogP contribution is -2.71. The minimum atomic E-state index is -0.706. The van der Waals surface area contributed by atoms with Crippen LogP contribution in [0.3, 0.4) is 0 Å². The van der Waals surface area contributed by atoms with E-state index in [-0.39, 0.29) is 23.9 Å². The maximum absolute atomic E-state index is 12.8. The molecule has 2 heterocycles. The minimum Gasteiger partial charge on any atom is -0.381 e. The Bertz CT molecular complexity index is 360. The van der Waals surface area contributed by atoms with Gasteiger partial charge in [-0.1, -0.05) is 13.8 Å². The molecule has 0 aromatic rings. The molecular weight excluding hydrogens is 244 g/mol. The van der Waals surface area contributed by atoms with E-state index in [0.717, 1.165) is 12.8 Å². The summed E-state index contributed by atoms with van der Waals surface area (Å²) in [4.78, 5) is 26.8. The Hall–Kier alpha value is -1.10. The first-order valence-corrected chi connectivity index (χ1v) is 7.28. The Balaban J connectivity index is 2.27. The quantitative estimate of drug-likeness (QED) is 0.833. The van der Waals surface area contributed by atoms with E-state index in [2.05, 4.69) is 5.32 Å². The second-order valence-corrected chi connectivity index (χ2v) is 5.51. The van der Waals surface area contributed by atoms with Crippen LogP contribution in [0.2, 0.25) is 0 Å². The van der Waals surface area contributed by atoms with Gasteiger partial charge in [0.05, 0.1) is 0 Å². The van der Waals surface area contributed by atoms with Crippen LogP contribution in [0.5, 0.6) is 0 Å². The molecule has 2 amide bonds. The molecule has 0 aromatic carbocycles. The van der Waals surface area contributed by atoms with Crippen molar-refractivity contribution < 1.29 is 14.3 Å². The number of carbonyl (C=O) groups is 2. The summed E-state index contributed by atoms with van der Waals surface area (Å²) in [5.41, 5.74) is -0.706. The van der Waals surface area contributed by atoms with E-state index in [1.165, 1.54) is 0 Å². The zero-order valence-corrected chi connectivity index (χ0v) is 12.1. The highest BCUT2D eigenvalue weighted by molar-refractivity contribution is 5.99. The van der Waals surface area contributed by atoms with Crippen LogP contribution < -0.4 is 5.32 Å². The summed E-state index contributed by atoms with van der Waals surface area (Å²) in [6.07, 6.45) is 2.93. The summed E-state index contributed by atoms with van der Waals surface area (Å²) in [7, 11) is 0. The summed E-state index contributed by atoms with van der Waals surface area (Å²) in [5, 5.41) is 2.94. The highest BCUT2D eigenvalue weighted by atomic mass is 16.5. The van der Waals surface area contributed by atoms with Gasteiger partial charge in [0.1, 0.15) is 11.6 Å². The van der Waals surface area contributed by atoms with Gasteiger partial charge in [-0.25, -0.2) is 0 Å². The number of hydrogen-bond donors (Lipinski definition) is 1. The Morgan fingerprint density at radius 1 is 1.26 bits per heavy atom. The lowest BCUT2D eigenvalue weighted by atomic mass is 9.85. The number of ether oxygens (including phenoxy) is 1. The van der Waals surface area contributed by atoms with Gasteiger partial charge in [-0.05, 0) is 32.6 Å². The lowest BCUT2D eigenvalue weighted by Gasteiger charge is -2.48. The third-order valence-electron chi connectivity index (χ3n) is 4.59. The Morgan fingerprint density at radius 3 is 2.37 bits per heavy atom. The van der Waals surface area contributed by atoms with E-state index < -0.39 is 5.54 Å². The van der Waals surface area contributed by atoms with Gasteiger partial charge in [0, 0.05) is 19.3 Å². The summed E-state index contributed by atoms with van der Waals surface area (Å²) >= 11 is 0. The summed E-state index contributed by atoms with van der Waals surface area (Å²) < 4.78 is 5.35. The molecule has 0 saturated carbocycles. The zero-order valence-electron chi connectivity index (χ0n) is 12.1. The number of amides is 2.